The van der Waals surface area contributed by atoms with Crippen LogP contribution in [0.4, 0.5) is 0 Å². The lowest BCUT2D eigenvalue weighted by Crippen LogP contribution is -2.28. The summed E-state index contributed by atoms with van der Waals surface area (Å²) in [6.45, 7) is 5.22. The van der Waals surface area contributed by atoms with Crippen molar-refractivity contribution in [1.82, 2.24) is 10.3 Å². The van der Waals surface area contributed by atoms with Crippen LogP contribution in [-0.2, 0) is 0 Å². The van der Waals surface area contributed by atoms with Gasteiger partial charge < -0.3 is 10.4 Å². The van der Waals surface area contributed by atoms with Gasteiger partial charge in [-0.1, -0.05) is 13.8 Å². The Bertz CT molecular complexity index is 287. The number of rotatable bonds is 5. The Morgan fingerprint density at radius 3 is 2.67 bits per heavy atom. The van der Waals surface area contributed by atoms with Crippen LogP contribution in [0.15, 0.2) is 22.8 Å². The molecule has 0 spiro atoms. The average molecular weight is 273 g/mol. The zero-order chi connectivity index (χ0) is 11.3. The molecule has 0 aliphatic heterocycles. The molecule has 0 aliphatic rings. The number of aliphatic hydroxyl groups is 1. The molecule has 1 atom stereocenters. The summed E-state index contributed by atoms with van der Waals surface area (Å²) in [4.78, 5) is 4.26. The number of aromatic nitrogens is 1. The van der Waals surface area contributed by atoms with Crippen molar-refractivity contribution in [3.8, 4) is 0 Å². The molecular weight excluding hydrogens is 256 g/mol. The van der Waals surface area contributed by atoms with Gasteiger partial charge in [0.15, 0.2) is 0 Å². The summed E-state index contributed by atoms with van der Waals surface area (Å²) in [6, 6.07) is 3.78. The predicted molar refractivity (Wildman–Crippen MR) is 64.6 cm³/mol. The smallest absolute Gasteiger partial charge is 0.0730 e. The van der Waals surface area contributed by atoms with Gasteiger partial charge in [0, 0.05) is 10.7 Å². The van der Waals surface area contributed by atoms with Crippen LogP contribution in [-0.4, -0.2) is 23.2 Å². The van der Waals surface area contributed by atoms with E-state index in [1.807, 2.05) is 12.1 Å². The van der Waals surface area contributed by atoms with Crippen LogP contribution >= 0.6 is 15.9 Å². The van der Waals surface area contributed by atoms with Crippen LogP contribution in [0.1, 0.15) is 25.6 Å². The maximum atomic E-state index is 9.25. The van der Waals surface area contributed by atoms with Gasteiger partial charge in [-0.2, -0.15) is 0 Å². The van der Waals surface area contributed by atoms with Gasteiger partial charge in [0.05, 0.1) is 18.3 Å². The topological polar surface area (TPSA) is 45.1 Å². The first-order valence-electron chi connectivity index (χ1n) is 5.09. The Balaban J connectivity index is 2.61. The SMILES string of the molecule is CC(C)CNC(CO)c1ccc(Br)cn1. The standard InChI is InChI=1S/C11H17BrN2O/c1-8(2)5-13-11(7-15)10-4-3-9(12)6-14-10/h3-4,6,8,11,13,15H,5,7H2,1-2H3. The molecule has 0 amide bonds. The van der Waals surface area contributed by atoms with Crippen LogP contribution < -0.4 is 5.32 Å². The summed E-state index contributed by atoms with van der Waals surface area (Å²) < 4.78 is 0.951. The molecule has 84 valence electrons. The first kappa shape index (κ1) is 12.6. The zero-order valence-electron chi connectivity index (χ0n) is 9.07. The molecule has 1 rings (SSSR count). The van der Waals surface area contributed by atoms with E-state index in [1.54, 1.807) is 6.20 Å². The summed E-state index contributed by atoms with van der Waals surface area (Å²) in [5.41, 5.74) is 0.876. The Morgan fingerprint density at radius 1 is 1.47 bits per heavy atom. The molecule has 0 aliphatic carbocycles. The van der Waals surface area contributed by atoms with Crippen molar-refractivity contribution in [3.05, 3.63) is 28.5 Å². The van der Waals surface area contributed by atoms with Gasteiger partial charge >= 0.3 is 0 Å². The number of hydrogen-bond donors (Lipinski definition) is 2. The van der Waals surface area contributed by atoms with E-state index in [0.29, 0.717) is 5.92 Å². The highest BCUT2D eigenvalue weighted by Crippen LogP contribution is 2.13. The third-order valence-electron chi connectivity index (χ3n) is 2.06. The lowest BCUT2D eigenvalue weighted by molar-refractivity contribution is 0.238. The molecule has 15 heavy (non-hydrogen) atoms. The lowest BCUT2D eigenvalue weighted by atomic mass is 10.1. The van der Waals surface area contributed by atoms with E-state index in [9.17, 15) is 5.11 Å². The number of halogens is 1. The Morgan fingerprint density at radius 2 is 2.20 bits per heavy atom. The van der Waals surface area contributed by atoms with Crippen LogP contribution in [0.3, 0.4) is 0 Å². The first-order valence-corrected chi connectivity index (χ1v) is 5.88. The second-order valence-electron chi connectivity index (χ2n) is 3.94. The van der Waals surface area contributed by atoms with Gasteiger partial charge in [0.2, 0.25) is 0 Å². The number of aliphatic hydroxyl groups excluding tert-OH is 1. The van der Waals surface area contributed by atoms with Crippen LogP contribution in [0, 0.1) is 5.92 Å². The largest absolute Gasteiger partial charge is 0.394 e. The van der Waals surface area contributed by atoms with E-state index in [4.69, 9.17) is 0 Å². The maximum absolute atomic E-state index is 9.25. The monoisotopic (exact) mass is 272 g/mol. The Hall–Kier alpha value is -0.450. The highest BCUT2D eigenvalue weighted by atomic mass is 79.9. The molecule has 0 bridgehead atoms. The molecule has 1 aromatic heterocycles. The number of nitrogens with zero attached hydrogens (tertiary/aromatic N) is 1. The normalized spacial score (nSPS) is 13.1. The van der Waals surface area contributed by atoms with Crippen molar-refractivity contribution in [2.75, 3.05) is 13.2 Å². The van der Waals surface area contributed by atoms with Gasteiger partial charge in [-0.05, 0) is 40.5 Å². The summed E-state index contributed by atoms with van der Waals surface area (Å²) in [5.74, 6) is 0.564. The van der Waals surface area contributed by atoms with E-state index < -0.39 is 0 Å². The number of hydrogen-bond acceptors (Lipinski definition) is 3. The van der Waals surface area contributed by atoms with Gasteiger partial charge in [-0.25, -0.2) is 0 Å². The van der Waals surface area contributed by atoms with Crippen molar-refractivity contribution in [1.29, 1.82) is 0 Å². The molecule has 0 fully saturated rings. The fourth-order valence-corrected chi connectivity index (χ4v) is 1.47. The van der Waals surface area contributed by atoms with Crippen molar-refractivity contribution in [2.45, 2.75) is 19.9 Å². The Labute approximate surface area is 99.1 Å². The van der Waals surface area contributed by atoms with Crippen LogP contribution in [0.25, 0.3) is 0 Å². The molecule has 0 radical (unpaired) electrons. The van der Waals surface area contributed by atoms with E-state index in [-0.39, 0.29) is 12.6 Å². The van der Waals surface area contributed by atoms with E-state index in [2.05, 4.69) is 40.1 Å². The van der Waals surface area contributed by atoms with Crippen molar-refractivity contribution in [3.63, 3.8) is 0 Å². The highest BCUT2D eigenvalue weighted by Gasteiger charge is 2.11. The van der Waals surface area contributed by atoms with E-state index >= 15 is 0 Å². The lowest BCUT2D eigenvalue weighted by Gasteiger charge is -2.17. The van der Waals surface area contributed by atoms with Crippen molar-refractivity contribution < 1.29 is 5.11 Å². The van der Waals surface area contributed by atoms with Crippen LogP contribution in [0.5, 0.6) is 0 Å². The maximum Gasteiger partial charge on any atom is 0.0730 e. The fourth-order valence-electron chi connectivity index (χ4n) is 1.23. The molecular formula is C11H17BrN2O. The molecule has 4 heteroatoms. The van der Waals surface area contributed by atoms with Crippen molar-refractivity contribution >= 4 is 15.9 Å². The predicted octanol–water partition coefficient (Wildman–Crippen LogP) is 2.12. The van der Waals surface area contributed by atoms with E-state index in [1.165, 1.54) is 0 Å². The van der Waals surface area contributed by atoms with Gasteiger partial charge in [0.25, 0.3) is 0 Å². The molecule has 0 aromatic carbocycles. The number of nitrogens with one attached hydrogen (secondary N) is 1. The summed E-state index contributed by atoms with van der Waals surface area (Å²) in [7, 11) is 0. The highest BCUT2D eigenvalue weighted by molar-refractivity contribution is 9.10. The minimum absolute atomic E-state index is 0.0690. The average Bonchev–Trinajstić information content (AvgIpc) is 2.21. The summed E-state index contributed by atoms with van der Waals surface area (Å²) in [6.07, 6.45) is 1.75. The molecule has 0 saturated heterocycles. The second kappa shape index (κ2) is 6.20. The third kappa shape index (κ3) is 4.28. The van der Waals surface area contributed by atoms with Crippen molar-refractivity contribution in [2.24, 2.45) is 5.92 Å². The molecule has 1 heterocycles. The summed E-state index contributed by atoms with van der Waals surface area (Å²) in [5, 5.41) is 12.5. The Kier molecular flexibility index (Phi) is 5.22. The van der Waals surface area contributed by atoms with Gasteiger partial charge in [-0.15, -0.1) is 0 Å². The molecule has 3 nitrogen and oxygen atoms in total. The molecule has 1 unspecified atom stereocenters. The fraction of sp³-hybridized carbons (Fsp3) is 0.545. The molecule has 0 saturated carbocycles. The minimum atomic E-state index is -0.0690. The molecule has 2 N–H and O–H groups in total. The number of pyridine rings is 1. The van der Waals surface area contributed by atoms with Gasteiger partial charge in [-0.3, -0.25) is 4.98 Å². The minimum Gasteiger partial charge on any atom is -0.394 e. The van der Waals surface area contributed by atoms with Crippen LogP contribution in [0.2, 0.25) is 0 Å². The summed E-state index contributed by atoms with van der Waals surface area (Å²) >= 11 is 3.33. The second-order valence-corrected chi connectivity index (χ2v) is 4.85. The van der Waals surface area contributed by atoms with Gasteiger partial charge in [0.1, 0.15) is 0 Å². The third-order valence-corrected chi connectivity index (χ3v) is 2.53. The quantitative estimate of drug-likeness (QED) is 0.863. The first-order chi connectivity index (χ1) is 7.13. The molecule has 1 aromatic rings. The zero-order valence-corrected chi connectivity index (χ0v) is 10.7. The van der Waals surface area contributed by atoms with E-state index in [0.717, 1.165) is 16.7 Å².